The van der Waals surface area contributed by atoms with Gasteiger partial charge >= 0.3 is 13.8 Å². The fourth-order valence-corrected chi connectivity index (χ4v) is 3.36. The molecule has 178 valence electrons. The number of nitrogens with zero attached hydrogens (tertiary/aromatic N) is 4. The minimum absolute atomic E-state index is 0.142. The largest absolute Gasteiger partial charge is 0.478 e. The zero-order valence-electron chi connectivity index (χ0n) is 16.7. The first-order valence-electron chi connectivity index (χ1n) is 9.22. The van der Waals surface area contributed by atoms with Crippen LogP contribution in [-0.4, -0.2) is 75.5 Å². The topological polar surface area (TPSA) is 249 Å². The van der Waals surface area contributed by atoms with Gasteiger partial charge in [0.1, 0.15) is 30.2 Å². The van der Waals surface area contributed by atoms with Gasteiger partial charge in [-0.2, -0.15) is 0 Å². The van der Waals surface area contributed by atoms with Crippen molar-refractivity contribution in [1.82, 2.24) is 19.5 Å². The van der Waals surface area contributed by atoms with Crippen molar-refractivity contribution in [2.24, 2.45) is 0 Å². The van der Waals surface area contributed by atoms with E-state index in [0.29, 0.717) is 11.2 Å². The molecule has 16 heteroatoms. The lowest BCUT2D eigenvalue weighted by Gasteiger charge is -2.16. The lowest BCUT2D eigenvalue weighted by molar-refractivity contribution is -0.0504. The quantitative estimate of drug-likeness (QED) is 0.171. The molecule has 0 aliphatic carbocycles. The predicted molar refractivity (Wildman–Crippen MR) is 111 cm³/mol. The molecule has 0 amide bonds. The number of carboxylic acid groups (broad SMARTS) is 1. The number of anilines is 2. The van der Waals surface area contributed by atoms with Gasteiger partial charge in [-0.05, 0) is 12.1 Å². The van der Waals surface area contributed by atoms with Gasteiger partial charge in [-0.15, -0.1) is 0 Å². The summed E-state index contributed by atoms with van der Waals surface area (Å²) in [6.07, 6.45) is -2.49. The number of aliphatic hydroxyl groups is 2. The summed E-state index contributed by atoms with van der Waals surface area (Å²) in [4.78, 5) is 39.5. The average molecular weight is 484 g/mol. The first-order chi connectivity index (χ1) is 15.5. The van der Waals surface area contributed by atoms with Crippen molar-refractivity contribution in [3.63, 3.8) is 0 Å². The Bertz CT molecular complexity index is 1180. The molecular weight excluding hydrogens is 463 g/mol. The summed E-state index contributed by atoms with van der Waals surface area (Å²) in [5, 5.41) is 28.5. The number of ether oxygens (including phenoxy) is 1. The van der Waals surface area contributed by atoms with Gasteiger partial charge in [0.15, 0.2) is 17.7 Å². The summed E-state index contributed by atoms with van der Waals surface area (Å²) in [6, 6.07) is 6.36. The second-order valence-corrected chi connectivity index (χ2v) is 8.05. The molecule has 3 aromatic rings. The molecule has 2 aromatic heterocycles. The highest BCUT2D eigenvalue weighted by molar-refractivity contribution is 7.46. The van der Waals surface area contributed by atoms with E-state index in [0.717, 1.165) is 0 Å². The lowest BCUT2D eigenvalue weighted by Crippen LogP contribution is -2.33. The Morgan fingerprint density at radius 3 is 2.45 bits per heavy atom. The van der Waals surface area contributed by atoms with Crippen LogP contribution in [0.1, 0.15) is 16.6 Å². The number of aromatic nitrogens is 4. The van der Waals surface area contributed by atoms with Gasteiger partial charge < -0.3 is 41.3 Å². The number of nitrogens with two attached hydrogens (primary N) is 2. The fourth-order valence-electron chi connectivity index (χ4n) is 3.02. The molecular formula is C17H21N6O9P. The number of phosphoric ester groups is 1. The molecule has 1 saturated heterocycles. The predicted octanol–water partition coefficient (Wildman–Crippen LogP) is -0.896. The summed E-state index contributed by atoms with van der Waals surface area (Å²) in [6.45, 7) is -0.594. The standard InChI is InChI=1S/C10H14N5O7P.C7H7NO2/c11-8-5-9(13-2-12-8)15(3-14-5)10-7(17)6(16)4(22-10)1-21-23(18,19)20;8-6-4-2-1-3-5(6)7(9)10/h2-4,6-7,10,16-17H,1H2,(H2,11,12,13)(H2,18,19,20);1-4H,8H2,(H,9,10)/t4-,6-,7-,10-;/m1./s1. The maximum atomic E-state index is 10.7. The second kappa shape index (κ2) is 9.76. The number of fused-ring (bicyclic) bond motifs is 1. The number of hydrogen-bond donors (Lipinski definition) is 7. The van der Waals surface area contributed by atoms with Gasteiger partial charge in [-0.3, -0.25) is 9.09 Å². The van der Waals surface area contributed by atoms with Crippen molar-refractivity contribution in [3.05, 3.63) is 42.5 Å². The van der Waals surface area contributed by atoms with E-state index in [1.54, 1.807) is 18.2 Å². The van der Waals surface area contributed by atoms with E-state index in [2.05, 4.69) is 19.5 Å². The molecule has 15 nitrogen and oxygen atoms in total. The van der Waals surface area contributed by atoms with Crippen molar-refractivity contribution in [3.8, 4) is 0 Å². The number of rotatable bonds is 5. The van der Waals surface area contributed by atoms with E-state index >= 15 is 0 Å². The highest BCUT2D eigenvalue weighted by Gasteiger charge is 2.45. The summed E-state index contributed by atoms with van der Waals surface area (Å²) in [7, 11) is -4.72. The molecule has 1 fully saturated rings. The Morgan fingerprint density at radius 2 is 1.85 bits per heavy atom. The molecule has 1 aromatic carbocycles. The number of phosphoric acid groups is 1. The van der Waals surface area contributed by atoms with Crippen molar-refractivity contribution in [2.45, 2.75) is 24.5 Å². The van der Waals surface area contributed by atoms with Gasteiger partial charge in [-0.25, -0.2) is 24.3 Å². The van der Waals surface area contributed by atoms with E-state index in [1.165, 1.54) is 23.3 Å². The number of imidazole rings is 1. The monoisotopic (exact) mass is 484 g/mol. The Labute approximate surface area is 185 Å². The molecule has 4 rings (SSSR count). The first kappa shape index (κ1) is 24.5. The van der Waals surface area contributed by atoms with Gasteiger partial charge in [0, 0.05) is 5.69 Å². The summed E-state index contributed by atoms with van der Waals surface area (Å²) in [5.41, 5.74) is 12.0. The van der Waals surface area contributed by atoms with Crippen molar-refractivity contribution in [2.75, 3.05) is 18.1 Å². The Balaban J connectivity index is 0.000000257. The highest BCUT2D eigenvalue weighted by atomic mass is 31.2. The summed E-state index contributed by atoms with van der Waals surface area (Å²) < 4.78 is 21.8. The molecule has 9 N–H and O–H groups in total. The number of carboxylic acids is 1. The van der Waals surface area contributed by atoms with Crippen LogP contribution in [0.15, 0.2) is 36.9 Å². The minimum Gasteiger partial charge on any atom is -0.478 e. The van der Waals surface area contributed by atoms with Crippen LogP contribution in [0, 0.1) is 0 Å². The second-order valence-electron chi connectivity index (χ2n) is 6.81. The smallest absolute Gasteiger partial charge is 0.469 e. The highest BCUT2D eigenvalue weighted by Crippen LogP contribution is 2.38. The Kier molecular flexibility index (Phi) is 7.24. The van der Waals surface area contributed by atoms with Crippen LogP contribution in [-0.2, 0) is 13.8 Å². The average Bonchev–Trinajstić information content (AvgIpc) is 3.29. The molecule has 4 atom stereocenters. The van der Waals surface area contributed by atoms with E-state index in [-0.39, 0.29) is 17.0 Å². The number of nitrogen functional groups attached to an aromatic ring is 2. The van der Waals surface area contributed by atoms with Gasteiger partial charge in [0.2, 0.25) is 0 Å². The first-order valence-corrected chi connectivity index (χ1v) is 10.7. The van der Waals surface area contributed by atoms with Gasteiger partial charge in [0.05, 0.1) is 18.5 Å². The zero-order valence-corrected chi connectivity index (χ0v) is 17.6. The van der Waals surface area contributed by atoms with Crippen molar-refractivity contribution >= 4 is 36.5 Å². The number of carbonyl (C=O) groups is 1. The SMILES string of the molecule is Nc1ccccc1C(=O)O.Nc1ncnc2c1ncn2[C@@H]1O[C@H](COP(=O)(O)O)[C@@H](O)[C@H]1O. The minimum atomic E-state index is -4.72. The van der Waals surface area contributed by atoms with E-state index < -0.39 is 44.9 Å². The number of aromatic carboxylic acids is 1. The number of hydrogen-bond acceptors (Lipinski definition) is 11. The van der Waals surface area contributed by atoms with Crippen LogP contribution in [0.25, 0.3) is 11.2 Å². The van der Waals surface area contributed by atoms with Crippen LogP contribution in [0.2, 0.25) is 0 Å². The molecule has 1 aliphatic rings. The Hall–Kier alpha value is -3.17. The van der Waals surface area contributed by atoms with Crippen LogP contribution in [0.5, 0.6) is 0 Å². The van der Waals surface area contributed by atoms with Crippen LogP contribution >= 0.6 is 7.82 Å². The molecule has 0 spiro atoms. The summed E-state index contributed by atoms with van der Waals surface area (Å²) >= 11 is 0. The van der Waals surface area contributed by atoms with Crippen molar-refractivity contribution < 1.29 is 43.7 Å². The molecule has 1 aliphatic heterocycles. The van der Waals surface area contributed by atoms with Crippen LogP contribution < -0.4 is 11.5 Å². The third kappa shape index (κ3) is 5.61. The fraction of sp³-hybridized carbons (Fsp3) is 0.294. The molecule has 0 radical (unpaired) electrons. The number of aliphatic hydroxyl groups excluding tert-OH is 2. The lowest BCUT2D eigenvalue weighted by atomic mass is 10.1. The van der Waals surface area contributed by atoms with Gasteiger partial charge in [0.25, 0.3) is 0 Å². The molecule has 0 unspecified atom stereocenters. The maximum absolute atomic E-state index is 10.7. The molecule has 3 heterocycles. The molecule has 0 saturated carbocycles. The van der Waals surface area contributed by atoms with Crippen LogP contribution in [0.4, 0.5) is 11.5 Å². The van der Waals surface area contributed by atoms with Crippen molar-refractivity contribution in [1.29, 1.82) is 0 Å². The van der Waals surface area contributed by atoms with Crippen LogP contribution in [0.3, 0.4) is 0 Å². The zero-order chi connectivity index (χ0) is 24.3. The van der Waals surface area contributed by atoms with E-state index in [4.69, 9.17) is 31.1 Å². The van der Waals surface area contributed by atoms with E-state index in [9.17, 15) is 19.6 Å². The maximum Gasteiger partial charge on any atom is 0.469 e. The molecule has 0 bridgehead atoms. The third-order valence-electron chi connectivity index (χ3n) is 4.60. The third-order valence-corrected chi connectivity index (χ3v) is 5.08. The number of benzene rings is 1. The Morgan fingerprint density at radius 1 is 1.15 bits per heavy atom. The van der Waals surface area contributed by atoms with Gasteiger partial charge in [-0.1, -0.05) is 12.1 Å². The van der Waals surface area contributed by atoms with E-state index in [1.807, 2.05) is 0 Å². The normalized spacial score (nSPS) is 22.7. The summed E-state index contributed by atoms with van der Waals surface area (Å²) in [5.74, 6) is -0.846. The molecule has 33 heavy (non-hydrogen) atoms. The number of para-hydroxylation sites is 1.